The molecule has 3 rings (SSSR count). The van der Waals surface area contributed by atoms with E-state index >= 15 is 0 Å². The number of rotatable bonds is 9. The summed E-state index contributed by atoms with van der Waals surface area (Å²) < 4.78 is 2.13. The molecule has 0 saturated heterocycles. The predicted octanol–water partition coefficient (Wildman–Crippen LogP) is 5.26. The van der Waals surface area contributed by atoms with Crippen LogP contribution in [0.3, 0.4) is 0 Å². The molecule has 3 aromatic rings. The lowest BCUT2D eigenvalue weighted by Crippen LogP contribution is -2.34. The number of aromatic nitrogens is 2. The van der Waals surface area contributed by atoms with Crippen molar-refractivity contribution >= 4 is 46.3 Å². The van der Waals surface area contributed by atoms with Crippen LogP contribution in [0.1, 0.15) is 32.4 Å². The predicted molar refractivity (Wildman–Crippen MR) is 121 cm³/mol. The molecule has 1 atom stereocenters. The van der Waals surface area contributed by atoms with Crippen LogP contribution in [0.5, 0.6) is 0 Å². The molecule has 29 heavy (non-hydrogen) atoms. The number of anilines is 1. The van der Waals surface area contributed by atoms with Crippen LogP contribution in [0.2, 0.25) is 10.0 Å². The summed E-state index contributed by atoms with van der Waals surface area (Å²) in [5.41, 5.74) is 4.09. The third-order valence-electron chi connectivity index (χ3n) is 5.35. The van der Waals surface area contributed by atoms with E-state index in [1.807, 2.05) is 31.5 Å². The van der Waals surface area contributed by atoms with Crippen molar-refractivity contribution in [3.05, 3.63) is 58.3 Å². The van der Waals surface area contributed by atoms with Crippen molar-refractivity contribution in [3.8, 4) is 0 Å². The van der Waals surface area contributed by atoms with Crippen molar-refractivity contribution in [3.63, 3.8) is 0 Å². The smallest absolute Gasteiger partial charge is 0.209 e. The second kappa shape index (κ2) is 9.51. The van der Waals surface area contributed by atoms with Crippen molar-refractivity contribution < 1.29 is 4.79 Å². The highest BCUT2D eigenvalue weighted by atomic mass is 35.5. The third kappa shape index (κ3) is 4.68. The number of nitrogens with zero attached hydrogens (tertiary/aromatic N) is 4. The topological polar surface area (TPSA) is 41.4 Å². The summed E-state index contributed by atoms with van der Waals surface area (Å²) in [6, 6.07) is 11.9. The van der Waals surface area contributed by atoms with Gasteiger partial charge in [-0.15, -0.1) is 0 Å². The lowest BCUT2D eigenvalue weighted by Gasteiger charge is -2.26. The fourth-order valence-electron chi connectivity index (χ4n) is 3.51. The molecule has 0 N–H and O–H groups in total. The van der Waals surface area contributed by atoms with Gasteiger partial charge in [0.15, 0.2) is 0 Å². The Morgan fingerprint density at radius 2 is 1.90 bits per heavy atom. The Hall–Kier alpha value is -2.24. The maximum absolute atomic E-state index is 11.1. The standard InChI is InChI=1S/C22H26Cl2N4O/c1-4-26(15-29)10-11-27(5-2)18-7-9-21-22(13-18)28(14-25-21)16(3)19-8-6-17(23)12-20(19)24/h6-9,12-16H,4-5,10-11H2,1-3H3/t16-/m1/s1. The molecule has 154 valence electrons. The van der Waals surface area contributed by atoms with E-state index in [9.17, 15) is 4.79 Å². The van der Waals surface area contributed by atoms with Gasteiger partial charge in [-0.25, -0.2) is 4.98 Å². The minimum absolute atomic E-state index is 0.0146. The summed E-state index contributed by atoms with van der Waals surface area (Å²) in [4.78, 5) is 19.7. The SMILES string of the molecule is CCN(C=O)CCN(CC)c1ccc2ncn([C@H](C)c3ccc(Cl)cc3Cl)c2c1. The molecule has 1 aromatic heterocycles. The number of carbonyl (C=O) groups excluding carboxylic acids is 1. The highest BCUT2D eigenvalue weighted by molar-refractivity contribution is 6.35. The van der Waals surface area contributed by atoms with Crippen LogP contribution >= 0.6 is 23.2 Å². The van der Waals surface area contributed by atoms with Gasteiger partial charge in [-0.1, -0.05) is 29.3 Å². The molecule has 0 fully saturated rings. The Bertz CT molecular complexity index is 988. The quantitative estimate of drug-likeness (QED) is 0.433. The van der Waals surface area contributed by atoms with Crippen LogP contribution in [0.15, 0.2) is 42.7 Å². The number of halogens is 2. The summed E-state index contributed by atoms with van der Waals surface area (Å²) in [6.45, 7) is 9.25. The maximum atomic E-state index is 11.1. The fourth-order valence-corrected chi connectivity index (χ4v) is 4.08. The lowest BCUT2D eigenvalue weighted by atomic mass is 10.1. The number of carbonyl (C=O) groups is 1. The van der Waals surface area contributed by atoms with Gasteiger partial charge in [-0.3, -0.25) is 4.79 Å². The van der Waals surface area contributed by atoms with Gasteiger partial charge in [0.05, 0.1) is 23.4 Å². The zero-order chi connectivity index (χ0) is 21.0. The average molecular weight is 433 g/mol. The maximum Gasteiger partial charge on any atom is 0.209 e. The molecule has 0 aliphatic carbocycles. The van der Waals surface area contributed by atoms with Gasteiger partial charge in [0, 0.05) is 41.9 Å². The van der Waals surface area contributed by atoms with E-state index < -0.39 is 0 Å². The second-order valence-electron chi connectivity index (χ2n) is 6.98. The molecule has 7 heteroatoms. The summed E-state index contributed by atoms with van der Waals surface area (Å²) in [5.74, 6) is 0. The van der Waals surface area contributed by atoms with E-state index in [2.05, 4.69) is 40.4 Å². The van der Waals surface area contributed by atoms with E-state index in [1.54, 1.807) is 11.0 Å². The van der Waals surface area contributed by atoms with Crippen molar-refractivity contribution in [1.82, 2.24) is 14.5 Å². The van der Waals surface area contributed by atoms with Crippen LogP contribution in [0.25, 0.3) is 11.0 Å². The monoisotopic (exact) mass is 432 g/mol. The van der Waals surface area contributed by atoms with Crippen LogP contribution < -0.4 is 4.90 Å². The van der Waals surface area contributed by atoms with Gasteiger partial charge in [0.1, 0.15) is 0 Å². The van der Waals surface area contributed by atoms with E-state index in [0.29, 0.717) is 23.1 Å². The molecule has 0 radical (unpaired) electrons. The van der Waals surface area contributed by atoms with E-state index in [0.717, 1.165) is 41.8 Å². The summed E-state index contributed by atoms with van der Waals surface area (Å²) >= 11 is 12.5. The molecule has 0 saturated carbocycles. The molecule has 0 spiro atoms. The van der Waals surface area contributed by atoms with Gasteiger partial charge in [-0.2, -0.15) is 0 Å². The zero-order valence-corrected chi connectivity index (χ0v) is 18.5. The molecular weight excluding hydrogens is 407 g/mol. The highest BCUT2D eigenvalue weighted by Crippen LogP contribution is 2.31. The van der Waals surface area contributed by atoms with Crippen LogP contribution in [0, 0.1) is 0 Å². The number of hydrogen-bond acceptors (Lipinski definition) is 3. The lowest BCUT2D eigenvalue weighted by molar-refractivity contribution is -0.117. The summed E-state index contributed by atoms with van der Waals surface area (Å²) in [6.07, 6.45) is 2.76. The largest absolute Gasteiger partial charge is 0.370 e. The summed E-state index contributed by atoms with van der Waals surface area (Å²) in [7, 11) is 0. The Labute approximate surface area is 181 Å². The molecule has 0 bridgehead atoms. The van der Waals surface area contributed by atoms with Crippen LogP contribution in [-0.4, -0.2) is 47.0 Å². The van der Waals surface area contributed by atoms with Crippen LogP contribution in [0.4, 0.5) is 5.69 Å². The van der Waals surface area contributed by atoms with Gasteiger partial charge >= 0.3 is 0 Å². The molecule has 0 aliphatic heterocycles. The van der Waals surface area contributed by atoms with E-state index in [4.69, 9.17) is 23.2 Å². The highest BCUT2D eigenvalue weighted by Gasteiger charge is 2.16. The van der Waals surface area contributed by atoms with Gasteiger partial charge < -0.3 is 14.4 Å². The Morgan fingerprint density at radius 3 is 2.55 bits per heavy atom. The minimum Gasteiger partial charge on any atom is -0.370 e. The summed E-state index contributed by atoms with van der Waals surface area (Å²) in [5, 5.41) is 1.27. The first-order valence-corrected chi connectivity index (χ1v) is 10.6. The third-order valence-corrected chi connectivity index (χ3v) is 5.91. The molecular formula is C22H26Cl2N4O. The first kappa shape index (κ1) is 21.5. The molecule has 0 unspecified atom stereocenters. The molecule has 0 aliphatic rings. The van der Waals surface area contributed by atoms with E-state index in [1.165, 1.54) is 0 Å². The number of likely N-dealkylation sites (N-methyl/N-ethyl adjacent to an activating group) is 2. The second-order valence-corrected chi connectivity index (χ2v) is 7.82. The number of fused-ring (bicyclic) bond motifs is 1. The van der Waals surface area contributed by atoms with Gasteiger partial charge in [0.2, 0.25) is 6.41 Å². The fraction of sp³-hybridized carbons (Fsp3) is 0.364. The van der Waals surface area contributed by atoms with Crippen LogP contribution in [-0.2, 0) is 4.79 Å². The molecule has 2 aromatic carbocycles. The number of benzene rings is 2. The Kier molecular flexibility index (Phi) is 7.04. The molecule has 1 heterocycles. The number of amides is 1. The zero-order valence-electron chi connectivity index (χ0n) is 17.0. The molecule has 5 nitrogen and oxygen atoms in total. The van der Waals surface area contributed by atoms with Crippen molar-refractivity contribution in [2.45, 2.75) is 26.8 Å². The van der Waals surface area contributed by atoms with E-state index in [-0.39, 0.29) is 6.04 Å². The average Bonchev–Trinajstić information content (AvgIpc) is 3.14. The van der Waals surface area contributed by atoms with Crippen molar-refractivity contribution in [1.29, 1.82) is 0 Å². The Morgan fingerprint density at radius 1 is 1.10 bits per heavy atom. The Balaban J connectivity index is 1.92. The first-order chi connectivity index (χ1) is 14.0. The minimum atomic E-state index is 0.0146. The first-order valence-electron chi connectivity index (χ1n) is 9.84. The van der Waals surface area contributed by atoms with Crippen molar-refractivity contribution in [2.24, 2.45) is 0 Å². The van der Waals surface area contributed by atoms with Gasteiger partial charge in [-0.05, 0) is 56.7 Å². The van der Waals surface area contributed by atoms with Crippen molar-refractivity contribution in [2.75, 3.05) is 31.1 Å². The number of hydrogen-bond donors (Lipinski definition) is 0. The molecule has 1 amide bonds. The number of imidazole rings is 1. The van der Waals surface area contributed by atoms with Gasteiger partial charge in [0.25, 0.3) is 0 Å². The normalized spacial score (nSPS) is 12.2.